The monoisotopic (exact) mass is 753 g/mol. The number of carbonyl (C=O) groups excluding carboxylic acids is 2. The van der Waals surface area contributed by atoms with Crippen molar-refractivity contribution >= 4 is 11.9 Å². The minimum atomic E-state index is -1.04. The minimum absolute atomic E-state index is 0.0533. The summed E-state index contributed by atoms with van der Waals surface area (Å²) < 4.78 is 6.46. The van der Waals surface area contributed by atoms with Gasteiger partial charge in [-0.05, 0) is 129 Å². The Bertz CT molecular complexity index is 943. The first-order chi connectivity index (χ1) is 26.5. The molecule has 1 aliphatic heterocycles. The Morgan fingerprint density at radius 1 is 0.556 bits per heavy atom. The predicted molar refractivity (Wildman–Crippen MR) is 235 cm³/mol. The molecule has 0 spiro atoms. The van der Waals surface area contributed by atoms with Crippen LogP contribution in [0.1, 0.15) is 213 Å². The van der Waals surface area contributed by atoms with E-state index in [9.17, 15) is 9.59 Å². The lowest BCUT2D eigenvalue weighted by Crippen LogP contribution is -2.51. The third kappa shape index (κ3) is 27.4. The van der Waals surface area contributed by atoms with Crippen LogP contribution in [-0.4, -0.2) is 49.1 Å². The van der Waals surface area contributed by atoms with E-state index in [1.807, 2.05) is 0 Å². The van der Waals surface area contributed by atoms with Crippen molar-refractivity contribution in [2.24, 2.45) is 5.92 Å². The molecule has 1 amide bonds. The lowest BCUT2D eigenvalue weighted by atomic mass is 9.87. The van der Waals surface area contributed by atoms with E-state index in [1.165, 1.54) is 103 Å². The van der Waals surface area contributed by atoms with Gasteiger partial charge in [-0.2, -0.15) is 0 Å². The van der Waals surface area contributed by atoms with Gasteiger partial charge in [-0.25, -0.2) is 0 Å². The van der Waals surface area contributed by atoms with Gasteiger partial charge in [-0.15, -0.1) is 0 Å². The SMILES string of the molecule is CCCCC/C=C\C/C=C\CCCCCCCCC(CCCCCCCC/C=C\C/C=C\CCCCC)(OC(=O)C1CCN(C)CC1)C(=O)NCCCC. The second kappa shape index (κ2) is 36.5. The summed E-state index contributed by atoms with van der Waals surface area (Å²) in [5.74, 6) is -0.299. The van der Waals surface area contributed by atoms with Gasteiger partial charge in [0.2, 0.25) is 0 Å². The van der Waals surface area contributed by atoms with Crippen LogP contribution in [0.4, 0.5) is 0 Å². The zero-order valence-electron chi connectivity index (χ0n) is 36.2. The van der Waals surface area contributed by atoms with Crippen molar-refractivity contribution in [1.29, 1.82) is 0 Å². The Hall–Kier alpha value is -2.14. The lowest BCUT2D eigenvalue weighted by Gasteiger charge is -2.35. The number of likely N-dealkylation sites (tertiary alicyclic amines) is 1. The van der Waals surface area contributed by atoms with Crippen LogP contribution >= 0.6 is 0 Å². The topological polar surface area (TPSA) is 58.6 Å². The van der Waals surface area contributed by atoms with Gasteiger partial charge in [0.05, 0.1) is 5.92 Å². The zero-order valence-corrected chi connectivity index (χ0v) is 36.2. The van der Waals surface area contributed by atoms with E-state index in [1.54, 1.807) is 0 Å². The van der Waals surface area contributed by atoms with Crippen LogP contribution in [0.2, 0.25) is 0 Å². The molecule has 0 radical (unpaired) electrons. The summed E-state index contributed by atoms with van der Waals surface area (Å²) in [6, 6.07) is 0. The van der Waals surface area contributed by atoms with E-state index in [0.717, 1.165) is 90.1 Å². The highest BCUT2D eigenvalue weighted by Crippen LogP contribution is 2.31. The van der Waals surface area contributed by atoms with E-state index in [2.05, 4.69) is 86.6 Å². The third-order valence-electron chi connectivity index (χ3n) is 11.1. The number of hydrogen-bond acceptors (Lipinski definition) is 4. The summed E-state index contributed by atoms with van der Waals surface area (Å²) in [5, 5.41) is 3.20. The van der Waals surface area contributed by atoms with Crippen molar-refractivity contribution in [2.75, 3.05) is 26.7 Å². The van der Waals surface area contributed by atoms with E-state index in [-0.39, 0.29) is 17.8 Å². The number of ether oxygens (including phenoxy) is 1. The van der Waals surface area contributed by atoms with E-state index in [4.69, 9.17) is 4.74 Å². The van der Waals surface area contributed by atoms with E-state index < -0.39 is 5.60 Å². The average molecular weight is 753 g/mol. The quantitative estimate of drug-likeness (QED) is 0.0393. The van der Waals surface area contributed by atoms with Crippen LogP contribution in [-0.2, 0) is 14.3 Å². The molecule has 0 aliphatic carbocycles. The Morgan fingerprint density at radius 2 is 0.944 bits per heavy atom. The predicted octanol–water partition coefficient (Wildman–Crippen LogP) is 13.9. The number of carbonyl (C=O) groups is 2. The number of nitrogens with zero attached hydrogens (tertiary/aromatic N) is 1. The zero-order chi connectivity index (χ0) is 39.2. The number of piperidine rings is 1. The first kappa shape index (κ1) is 49.9. The molecule has 5 nitrogen and oxygen atoms in total. The van der Waals surface area contributed by atoms with Gasteiger partial charge in [0.25, 0.3) is 5.91 Å². The highest BCUT2D eigenvalue weighted by atomic mass is 16.6. The maximum atomic E-state index is 14.0. The maximum Gasteiger partial charge on any atom is 0.310 e. The van der Waals surface area contributed by atoms with Crippen LogP contribution < -0.4 is 5.32 Å². The number of unbranched alkanes of at least 4 members (excludes halogenated alkanes) is 19. The highest BCUT2D eigenvalue weighted by molar-refractivity contribution is 5.88. The molecule has 1 N–H and O–H groups in total. The Kier molecular flexibility index (Phi) is 33.7. The van der Waals surface area contributed by atoms with Crippen LogP contribution in [0, 0.1) is 5.92 Å². The maximum absolute atomic E-state index is 14.0. The first-order valence-electron chi connectivity index (χ1n) is 23.3. The van der Waals surface area contributed by atoms with Gasteiger partial charge >= 0.3 is 5.97 Å². The molecule has 0 bridgehead atoms. The number of rotatable bonds is 36. The van der Waals surface area contributed by atoms with Crippen molar-refractivity contribution in [1.82, 2.24) is 10.2 Å². The molecular formula is C49H88N2O3. The first-order valence-corrected chi connectivity index (χ1v) is 23.3. The Balaban J connectivity index is 2.59. The molecule has 1 fully saturated rings. The second-order valence-electron chi connectivity index (χ2n) is 16.3. The molecule has 5 heteroatoms. The molecule has 0 aromatic rings. The molecule has 0 saturated carbocycles. The van der Waals surface area contributed by atoms with Crippen LogP contribution in [0.15, 0.2) is 48.6 Å². The Morgan fingerprint density at radius 3 is 1.37 bits per heavy atom. The minimum Gasteiger partial charge on any atom is -0.449 e. The van der Waals surface area contributed by atoms with Crippen LogP contribution in [0.3, 0.4) is 0 Å². The normalized spacial score (nSPS) is 14.7. The van der Waals surface area contributed by atoms with Gasteiger partial charge in [-0.1, -0.05) is 153 Å². The van der Waals surface area contributed by atoms with Crippen molar-refractivity contribution in [2.45, 2.75) is 219 Å². The molecule has 1 saturated heterocycles. The molecule has 1 heterocycles. The number of esters is 1. The largest absolute Gasteiger partial charge is 0.449 e. The second-order valence-corrected chi connectivity index (χ2v) is 16.3. The van der Waals surface area contributed by atoms with Crippen molar-refractivity contribution in [3.8, 4) is 0 Å². The van der Waals surface area contributed by atoms with E-state index >= 15 is 0 Å². The molecule has 0 unspecified atom stereocenters. The number of hydrogen-bond donors (Lipinski definition) is 1. The summed E-state index contributed by atoms with van der Waals surface area (Å²) in [5.41, 5.74) is -1.04. The van der Waals surface area contributed by atoms with Crippen LogP contribution in [0.25, 0.3) is 0 Å². The molecule has 1 aliphatic rings. The molecule has 312 valence electrons. The fraction of sp³-hybridized carbons (Fsp3) is 0.796. The van der Waals surface area contributed by atoms with Crippen LogP contribution in [0.5, 0.6) is 0 Å². The number of amides is 1. The van der Waals surface area contributed by atoms with Crippen molar-refractivity contribution in [3.63, 3.8) is 0 Å². The Labute approximate surface area is 335 Å². The summed E-state index contributed by atoms with van der Waals surface area (Å²) in [6.45, 7) is 9.13. The molecule has 0 aromatic carbocycles. The van der Waals surface area contributed by atoms with Crippen molar-refractivity contribution in [3.05, 3.63) is 48.6 Å². The summed E-state index contributed by atoms with van der Waals surface area (Å²) in [7, 11) is 2.12. The molecule has 0 atom stereocenters. The average Bonchev–Trinajstić information content (AvgIpc) is 3.17. The number of nitrogens with one attached hydrogen (secondary N) is 1. The molecule has 1 rings (SSSR count). The fourth-order valence-corrected chi connectivity index (χ4v) is 7.36. The summed E-state index contributed by atoms with van der Waals surface area (Å²) in [6.07, 6.45) is 51.9. The molecule has 54 heavy (non-hydrogen) atoms. The van der Waals surface area contributed by atoms with Gasteiger partial charge in [-0.3, -0.25) is 9.59 Å². The molecular weight excluding hydrogens is 665 g/mol. The van der Waals surface area contributed by atoms with Crippen molar-refractivity contribution < 1.29 is 14.3 Å². The standard InChI is InChI=1S/C49H88N2O3/c1-5-8-11-13-15-17-19-21-23-25-27-29-31-33-35-37-41-49(48(53)50-43-10-7-3,54-47(52)46-39-44-51(4)45-40-46)42-38-36-34-32-30-28-26-24-22-20-18-16-14-12-9-6-2/h15-18,21-24,46H,5-14,19-20,25-45H2,1-4H3,(H,50,53)/b17-15-,18-16-,23-21-,24-22-. The number of allylic oxidation sites excluding steroid dienone is 8. The fourth-order valence-electron chi connectivity index (χ4n) is 7.36. The van der Waals surface area contributed by atoms with Gasteiger partial charge < -0.3 is 15.0 Å². The smallest absolute Gasteiger partial charge is 0.310 e. The summed E-state index contributed by atoms with van der Waals surface area (Å²) in [4.78, 5) is 29.9. The lowest BCUT2D eigenvalue weighted by molar-refractivity contribution is -0.176. The molecule has 0 aromatic heterocycles. The van der Waals surface area contributed by atoms with E-state index in [0.29, 0.717) is 19.4 Å². The van der Waals surface area contributed by atoms with Gasteiger partial charge in [0.15, 0.2) is 5.60 Å². The third-order valence-corrected chi connectivity index (χ3v) is 11.1. The summed E-state index contributed by atoms with van der Waals surface area (Å²) >= 11 is 0. The van der Waals surface area contributed by atoms with Gasteiger partial charge in [0.1, 0.15) is 0 Å². The highest BCUT2D eigenvalue weighted by Gasteiger charge is 2.43. The van der Waals surface area contributed by atoms with Gasteiger partial charge in [0, 0.05) is 6.54 Å².